The van der Waals surface area contributed by atoms with Gasteiger partial charge >= 0.3 is 0 Å². The van der Waals surface area contributed by atoms with Crippen LogP contribution in [-0.2, 0) is 4.79 Å². The smallest absolute Gasteiger partial charge is 0.241 e. The van der Waals surface area contributed by atoms with Gasteiger partial charge in [0.15, 0.2) is 0 Å². The number of hydrogen-bond acceptors (Lipinski definition) is 3. The fourth-order valence-corrected chi connectivity index (χ4v) is 1.26. The molecule has 1 rings (SSSR count). The Morgan fingerprint density at radius 1 is 1.38 bits per heavy atom. The second-order valence-corrected chi connectivity index (χ2v) is 3.75. The van der Waals surface area contributed by atoms with Crippen LogP contribution >= 0.6 is 0 Å². The fraction of sp³-hybridized carbons (Fsp3) is 0.417. The second-order valence-electron chi connectivity index (χ2n) is 3.75. The number of hydrogen-bond donors (Lipinski definition) is 3. The van der Waals surface area contributed by atoms with Gasteiger partial charge in [-0.3, -0.25) is 4.79 Å². The van der Waals surface area contributed by atoms with Gasteiger partial charge in [-0.25, -0.2) is 0 Å². The fourth-order valence-electron chi connectivity index (χ4n) is 1.26. The Balaban J connectivity index is 2.47. The third-order valence-electron chi connectivity index (χ3n) is 2.27. The largest absolute Gasteiger partial charge is 0.395 e. The standard InChI is InChI=1S/C12H18N2O2/c1-9-3-5-11(6-4-9)14-12(16)10(2)13-7-8-15/h3-6,10,13,15H,7-8H2,1-2H3,(H,14,16)/t10-/m0/s1. The van der Waals surface area contributed by atoms with Crippen molar-refractivity contribution >= 4 is 11.6 Å². The molecule has 3 N–H and O–H groups in total. The first kappa shape index (κ1) is 12.7. The molecule has 1 atom stereocenters. The molecule has 1 aromatic rings. The quantitative estimate of drug-likeness (QED) is 0.693. The van der Waals surface area contributed by atoms with Gasteiger partial charge in [0.1, 0.15) is 0 Å². The summed E-state index contributed by atoms with van der Waals surface area (Å²) in [6.45, 7) is 4.21. The number of nitrogens with one attached hydrogen (secondary N) is 2. The van der Waals surface area contributed by atoms with Crippen molar-refractivity contribution in [3.63, 3.8) is 0 Å². The van der Waals surface area contributed by atoms with Crippen LogP contribution in [0.4, 0.5) is 5.69 Å². The Labute approximate surface area is 95.7 Å². The minimum Gasteiger partial charge on any atom is -0.395 e. The highest BCUT2D eigenvalue weighted by atomic mass is 16.3. The van der Waals surface area contributed by atoms with Crippen LogP contribution in [-0.4, -0.2) is 30.2 Å². The molecule has 0 aromatic heterocycles. The van der Waals surface area contributed by atoms with Gasteiger partial charge in [-0.1, -0.05) is 17.7 Å². The van der Waals surface area contributed by atoms with Crippen molar-refractivity contribution in [1.29, 1.82) is 0 Å². The van der Waals surface area contributed by atoms with Crippen LogP contribution in [0.1, 0.15) is 12.5 Å². The average Bonchev–Trinajstić information content (AvgIpc) is 2.29. The zero-order valence-electron chi connectivity index (χ0n) is 9.66. The van der Waals surface area contributed by atoms with Gasteiger partial charge in [-0.15, -0.1) is 0 Å². The Morgan fingerprint density at radius 3 is 2.56 bits per heavy atom. The van der Waals surface area contributed by atoms with Crippen LogP contribution in [0.3, 0.4) is 0 Å². The summed E-state index contributed by atoms with van der Waals surface area (Å²) >= 11 is 0. The molecular weight excluding hydrogens is 204 g/mol. The summed E-state index contributed by atoms with van der Waals surface area (Å²) in [7, 11) is 0. The lowest BCUT2D eigenvalue weighted by atomic mass is 10.2. The van der Waals surface area contributed by atoms with Gasteiger partial charge in [0, 0.05) is 12.2 Å². The van der Waals surface area contributed by atoms with Crippen molar-refractivity contribution in [2.75, 3.05) is 18.5 Å². The first-order chi connectivity index (χ1) is 7.63. The van der Waals surface area contributed by atoms with Crippen molar-refractivity contribution in [2.24, 2.45) is 0 Å². The van der Waals surface area contributed by atoms with Crippen LogP contribution in [0.2, 0.25) is 0 Å². The summed E-state index contributed by atoms with van der Waals surface area (Å²) in [5.41, 5.74) is 1.94. The molecule has 0 saturated carbocycles. The van der Waals surface area contributed by atoms with E-state index >= 15 is 0 Å². The zero-order valence-corrected chi connectivity index (χ0v) is 9.66. The average molecular weight is 222 g/mol. The number of anilines is 1. The predicted molar refractivity (Wildman–Crippen MR) is 64.4 cm³/mol. The van der Waals surface area contributed by atoms with Crippen molar-refractivity contribution in [3.8, 4) is 0 Å². The Kier molecular flexibility index (Phi) is 4.95. The zero-order chi connectivity index (χ0) is 12.0. The maximum Gasteiger partial charge on any atom is 0.241 e. The molecule has 0 aliphatic heterocycles. The Morgan fingerprint density at radius 2 is 2.00 bits per heavy atom. The molecule has 0 heterocycles. The van der Waals surface area contributed by atoms with E-state index < -0.39 is 0 Å². The first-order valence-electron chi connectivity index (χ1n) is 5.35. The summed E-state index contributed by atoms with van der Waals surface area (Å²) in [4.78, 5) is 11.6. The van der Waals surface area contributed by atoms with Gasteiger partial charge in [0.2, 0.25) is 5.91 Å². The molecule has 0 aliphatic carbocycles. The monoisotopic (exact) mass is 222 g/mol. The summed E-state index contributed by atoms with van der Waals surface area (Å²) in [6.07, 6.45) is 0. The number of amides is 1. The lowest BCUT2D eigenvalue weighted by Crippen LogP contribution is -2.39. The normalized spacial score (nSPS) is 12.2. The molecule has 0 unspecified atom stereocenters. The highest BCUT2D eigenvalue weighted by Crippen LogP contribution is 2.08. The summed E-state index contributed by atoms with van der Waals surface area (Å²) in [6, 6.07) is 7.31. The molecule has 0 aliphatic rings. The maximum absolute atomic E-state index is 11.6. The van der Waals surface area contributed by atoms with E-state index in [-0.39, 0.29) is 18.6 Å². The maximum atomic E-state index is 11.6. The Bertz CT molecular complexity index is 335. The molecule has 0 spiro atoms. The minimum atomic E-state index is -0.312. The highest BCUT2D eigenvalue weighted by molar-refractivity contribution is 5.94. The third kappa shape index (κ3) is 4.00. The van der Waals surface area contributed by atoms with Gasteiger partial charge in [0.05, 0.1) is 12.6 Å². The van der Waals surface area contributed by atoms with E-state index in [0.29, 0.717) is 6.54 Å². The molecule has 0 fully saturated rings. The van der Waals surface area contributed by atoms with Gasteiger partial charge in [-0.05, 0) is 26.0 Å². The van der Waals surface area contributed by atoms with E-state index in [9.17, 15) is 4.79 Å². The summed E-state index contributed by atoms with van der Waals surface area (Å²) < 4.78 is 0. The Hall–Kier alpha value is -1.39. The predicted octanol–water partition coefficient (Wildman–Crippen LogP) is 0.904. The lowest BCUT2D eigenvalue weighted by Gasteiger charge is -2.13. The van der Waals surface area contributed by atoms with Crippen LogP contribution in [0, 0.1) is 6.92 Å². The van der Waals surface area contributed by atoms with E-state index in [1.54, 1.807) is 6.92 Å². The molecule has 4 nitrogen and oxygen atoms in total. The molecule has 0 radical (unpaired) electrons. The topological polar surface area (TPSA) is 61.4 Å². The number of benzene rings is 1. The SMILES string of the molecule is Cc1ccc(NC(=O)[C@H](C)NCCO)cc1. The van der Waals surface area contributed by atoms with Crippen molar-refractivity contribution < 1.29 is 9.90 Å². The lowest BCUT2D eigenvalue weighted by molar-refractivity contribution is -0.117. The van der Waals surface area contributed by atoms with Crippen molar-refractivity contribution in [2.45, 2.75) is 19.9 Å². The van der Waals surface area contributed by atoms with Crippen LogP contribution in [0.5, 0.6) is 0 Å². The van der Waals surface area contributed by atoms with E-state index in [1.165, 1.54) is 0 Å². The van der Waals surface area contributed by atoms with Gasteiger partial charge < -0.3 is 15.7 Å². The van der Waals surface area contributed by atoms with E-state index in [0.717, 1.165) is 11.3 Å². The molecule has 1 aromatic carbocycles. The summed E-state index contributed by atoms with van der Waals surface area (Å²) in [5, 5.41) is 14.3. The molecule has 0 bridgehead atoms. The van der Waals surface area contributed by atoms with Gasteiger partial charge in [0.25, 0.3) is 0 Å². The molecule has 16 heavy (non-hydrogen) atoms. The molecule has 4 heteroatoms. The number of aliphatic hydroxyl groups excluding tert-OH is 1. The minimum absolute atomic E-state index is 0.0299. The van der Waals surface area contributed by atoms with Crippen molar-refractivity contribution in [1.82, 2.24) is 5.32 Å². The second kappa shape index (κ2) is 6.25. The number of aliphatic hydroxyl groups is 1. The highest BCUT2D eigenvalue weighted by Gasteiger charge is 2.11. The van der Waals surface area contributed by atoms with Crippen LogP contribution < -0.4 is 10.6 Å². The molecule has 88 valence electrons. The van der Waals surface area contributed by atoms with E-state index in [1.807, 2.05) is 31.2 Å². The van der Waals surface area contributed by atoms with Crippen molar-refractivity contribution in [3.05, 3.63) is 29.8 Å². The molecule has 0 saturated heterocycles. The molecular formula is C12H18N2O2. The number of aryl methyl sites for hydroxylation is 1. The van der Waals surface area contributed by atoms with Crippen LogP contribution in [0.25, 0.3) is 0 Å². The summed E-state index contributed by atoms with van der Waals surface area (Å²) in [5.74, 6) is -0.0997. The van der Waals surface area contributed by atoms with E-state index in [2.05, 4.69) is 10.6 Å². The van der Waals surface area contributed by atoms with Gasteiger partial charge in [-0.2, -0.15) is 0 Å². The number of rotatable bonds is 5. The first-order valence-corrected chi connectivity index (χ1v) is 5.35. The third-order valence-corrected chi connectivity index (χ3v) is 2.27. The number of carbonyl (C=O) groups excluding carboxylic acids is 1. The number of carbonyl (C=O) groups is 1. The van der Waals surface area contributed by atoms with Crippen LogP contribution in [0.15, 0.2) is 24.3 Å². The molecule has 1 amide bonds. The van der Waals surface area contributed by atoms with E-state index in [4.69, 9.17) is 5.11 Å².